The number of carbonyl (C=O) groups excluding carboxylic acids is 1. The lowest BCUT2D eigenvalue weighted by molar-refractivity contribution is -0.130. The van der Waals surface area contributed by atoms with E-state index in [1.165, 1.54) is 12.8 Å². The Bertz CT molecular complexity index is 201. The fourth-order valence-electron chi connectivity index (χ4n) is 1.54. The van der Waals surface area contributed by atoms with Crippen molar-refractivity contribution in [3.8, 4) is 0 Å². The molecule has 0 aromatic carbocycles. The predicted octanol–water partition coefficient (Wildman–Crippen LogP) is 1.64. The molecule has 1 amide bonds. The van der Waals surface area contributed by atoms with Crippen molar-refractivity contribution >= 4 is 5.91 Å². The van der Waals surface area contributed by atoms with Crippen LogP contribution in [-0.4, -0.2) is 25.7 Å². The smallest absolute Gasteiger partial charge is 0.249 e. The summed E-state index contributed by atoms with van der Waals surface area (Å²) >= 11 is 0. The van der Waals surface area contributed by atoms with E-state index in [-0.39, 0.29) is 12.0 Å². The van der Waals surface area contributed by atoms with E-state index in [9.17, 15) is 4.79 Å². The molecule has 0 radical (unpaired) electrons. The van der Waals surface area contributed by atoms with Crippen molar-refractivity contribution in [2.24, 2.45) is 0 Å². The highest BCUT2D eigenvalue weighted by Crippen LogP contribution is 2.05. The van der Waals surface area contributed by atoms with Crippen LogP contribution in [0.15, 0.2) is 12.2 Å². The molecule has 1 N–H and O–H groups in total. The van der Waals surface area contributed by atoms with Crippen LogP contribution in [0.25, 0.3) is 0 Å². The molecule has 1 aliphatic heterocycles. The van der Waals surface area contributed by atoms with Crippen LogP contribution >= 0.6 is 0 Å². The first-order chi connectivity index (χ1) is 6.84. The molecular weight excluding hydrogens is 178 g/mol. The molecule has 3 nitrogen and oxygen atoms in total. The fraction of sp³-hybridized carbons (Fsp3) is 0.727. The van der Waals surface area contributed by atoms with Crippen molar-refractivity contribution in [1.29, 1.82) is 0 Å². The molecule has 0 bridgehead atoms. The summed E-state index contributed by atoms with van der Waals surface area (Å²) in [5.74, 6) is 0.0130. The van der Waals surface area contributed by atoms with Crippen LogP contribution < -0.4 is 5.32 Å². The number of allylic oxidation sites excluding steroid dienone is 1. The van der Waals surface area contributed by atoms with Crippen molar-refractivity contribution in [3.63, 3.8) is 0 Å². The minimum absolute atomic E-state index is 0.0130. The van der Waals surface area contributed by atoms with Crippen LogP contribution in [0.1, 0.15) is 32.1 Å². The second-order valence-electron chi connectivity index (χ2n) is 3.57. The van der Waals surface area contributed by atoms with E-state index in [2.05, 4.69) is 11.4 Å². The molecule has 1 heterocycles. The SMILES string of the molecule is COC1C/C=C/CCCCCNC1=O. The molecule has 80 valence electrons. The maximum atomic E-state index is 11.5. The first-order valence-corrected chi connectivity index (χ1v) is 5.30. The van der Waals surface area contributed by atoms with Crippen molar-refractivity contribution in [2.75, 3.05) is 13.7 Å². The van der Waals surface area contributed by atoms with Gasteiger partial charge in [0.1, 0.15) is 6.10 Å². The molecule has 14 heavy (non-hydrogen) atoms. The number of hydrogen-bond donors (Lipinski definition) is 1. The van der Waals surface area contributed by atoms with E-state index in [1.807, 2.05) is 6.08 Å². The summed E-state index contributed by atoms with van der Waals surface area (Å²) in [6, 6.07) is 0. The molecule has 1 atom stereocenters. The summed E-state index contributed by atoms with van der Waals surface area (Å²) in [6.07, 6.45) is 9.13. The van der Waals surface area contributed by atoms with Gasteiger partial charge in [-0.2, -0.15) is 0 Å². The van der Waals surface area contributed by atoms with Gasteiger partial charge < -0.3 is 10.1 Å². The number of amides is 1. The van der Waals surface area contributed by atoms with Gasteiger partial charge in [-0.1, -0.05) is 18.6 Å². The summed E-state index contributed by atoms with van der Waals surface area (Å²) in [6.45, 7) is 0.776. The van der Waals surface area contributed by atoms with Gasteiger partial charge in [0.25, 0.3) is 0 Å². The van der Waals surface area contributed by atoms with Gasteiger partial charge in [0.15, 0.2) is 0 Å². The summed E-state index contributed by atoms with van der Waals surface area (Å²) in [7, 11) is 1.58. The minimum atomic E-state index is -0.315. The van der Waals surface area contributed by atoms with E-state index in [0.29, 0.717) is 6.42 Å². The van der Waals surface area contributed by atoms with Crippen LogP contribution in [-0.2, 0) is 9.53 Å². The number of methoxy groups -OCH3 is 1. The molecule has 0 aromatic rings. The Morgan fingerprint density at radius 1 is 1.36 bits per heavy atom. The van der Waals surface area contributed by atoms with E-state index in [0.717, 1.165) is 19.4 Å². The zero-order valence-electron chi connectivity index (χ0n) is 8.79. The second-order valence-corrected chi connectivity index (χ2v) is 3.57. The normalized spacial score (nSPS) is 27.5. The van der Waals surface area contributed by atoms with Gasteiger partial charge >= 0.3 is 0 Å². The maximum Gasteiger partial charge on any atom is 0.249 e. The number of nitrogens with one attached hydrogen (secondary N) is 1. The molecule has 1 rings (SSSR count). The lowest BCUT2D eigenvalue weighted by atomic mass is 10.2. The predicted molar refractivity (Wildman–Crippen MR) is 56.0 cm³/mol. The van der Waals surface area contributed by atoms with Crippen LogP contribution in [0.5, 0.6) is 0 Å². The molecule has 3 heteroatoms. The number of hydrogen-bond acceptors (Lipinski definition) is 2. The molecule has 1 unspecified atom stereocenters. The lowest BCUT2D eigenvalue weighted by Crippen LogP contribution is -2.36. The second kappa shape index (κ2) is 6.60. The fourth-order valence-corrected chi connectivity index (χ4v) is 1.54. The molecule has 0 saturated carbocycles. The zero-order valence-corrected chi connectivity index (χ0v) is 8.79. The maximum absolute atomic E-state index is 11.5. The molecule has 0 spiro atoms. The lowest BCUT2D eigenvalue weighted by Gasteiger charge is -2.12. The van der Waals surface area contributed by atoms with Gasteiger partial charge in [-0.3, -0.25) is 4.79 Å². The Labute approximate surface area is 85.5 Å². The van der Waals surface area contributed by atoms with Crippen molar-refractivity contribution < 1.29 is 9.53 Å². The van der Waals surface area contributed by atoms with Gasteiger partial charge in [0.05, 0.1) is 0 Å². The van der Waals surface area contributed by atoms with Crippen LogP contribution in [0.2, 0.25) is 0 Å². The third-order valence-corrected chi connectivity index (χ3v) is 2.44. The number of carbonyl (C=O) groups is 1. The van der Waals surface area contributed by atoms with Gasteiger partial charge in [-0.25, -0.2) is 0 Å². The highest BCUT2D eigenvalue weighted by atomic mass is 16.5. The van der Waals surface area contributed by atoms with E-state index in [1.54, 1.807) is 7.11 Å². The summed E-state index contributed by atoms with van der Waals surface area (Å²) in [5.41, 5.74) is 0. The average molecular weight is 197 g/mol. The Hall–Kier alpha value is -0.830. The largest absolute Gasteiger partial charge is 0.371 e. The van der Waals surface area contributed by atoms with Crippen LogP contribution in [0.3, 0.4) is 0 Å². The molecule has 0 aromatic heterocycles. The van der Waals surface area contributed by atoms with Gasteiger partial charge in [-0.15, -0.1) is 0 Å². The van der Waals surface area contributed by atoms with Crippen molar-refractivity contribution in [1.82, 2.24) is 5.32 Å². The Morgan fingerprint density at radius 2 is 2.21 bits per heavy atom. The monoisotopic (exact) mass is 197 g/mol. The first-order valence-electron chi connectivity index (χ1n) is 5.30. The van der Waals surface area contributed by atoms with Crippen LogP contribution in [0, 0.1) is 0 Å². The molecule has 1 aliphatic rings. The quantitative estimate of drug-likeness (QED) is 0.649. The molecule has 0 saturated heterocycles. The van der Waals surface area contributed by atoms with E-state index < -0.39 is 0 Å². The van der Waals surface area contributed by atoms with Gasteiger partial charge in [0, 0.05) is 20.1 Å². The zero-order chi connectivity index (χ0) is 10.2. The van der Waals surface area contributed by atoms with Crippen molar-refractivity contribution in [3.05, 3.63) is 12.2 Å². The highest BCUT2D eigenvalue weighted by Gasteiger charge is 2.15. The Morgan fingerprint density at radius 3 is 3.00 bits per heavy atom. The standard InChI is InChI=1S/C11H19NO2/c1-14-10-8-6-4-2-3-5-7-9-12-11(10)13/h4,6,10H,2-3,5,7-9H2,1H3,(H,12,13)/b6-4+. The van der Waals surface area contributed by atoms with Crippen LogP contribution in [0.4, 0.5) is 0 Å². The Kier molecular flexibility index (Phi) is 5.30. The first kappa shape index (κ1) is 11.2. The summed E-state index contributed by atoms with van der Waals surface area (Å²) in [5, 5.41) is 2.88. The topological polar surface area (TPSA) is 38.3 Å². The molecule has 0 aliphatic carbocycles. The van der Waals surface area contributed by atoms with Gasteiger partial charge in [0.2, 0.25) is 5.91 Å². The number of rotatable bonds is 1. The minimum Gasteiger partial charge on any atom is -0.371 e. The summed E-state index contributed by atoms with van der Waals surface area (Å²) in [4.78, 5) is 11.5. The third kappa shape index (κ3) is 3.92. The highest BCUT2D eigenvalue weighted by molar-refractivity contribution is 5.80. The Balaban J connectivity index is 2.47. The molecular formula is C11H19NO2. The van der Waals surface area contributed by atoms with Gasteiger partial charge in [-0.05, 0) is 19.3 Å². The third-order valence-electron chi connectivity index (χ3n) is 2.44. The molecule has 0 fully saturated rings. The van der Waals surface area contributed by atoms with Crippen molar-refractivity contribution in [2.45, 2.75) is 38.2 Å². The van der Waals surface area contributed by atoms with E-state index >= 15 is 0 Å². The number of ether oxygens (including phenoxy) is 1. The van der Waals surface area contributed by atoms with E-state index in [4.69, 9.17) is 4.74 Å². The summed E-state index contributed by atoms with van der Waals surface area (Å²) < 4.78 is 5.11. The average Bonchev–Trinajstić information content (AvgIpc) is 2.24.